The van der Waals surface area contributed by atoms with Crippen LogP contribution in [-0.2, 0) is 16.8 Å². The molecule has 15 heteroatoms. The van der Waals surface area contributed by atoms with Crippen molar-refractivity contribution in [3.63, 3.8) is 0 Å². The molecule has 0 aliphatic carbocycles. The SMILES string of the molecule is CC.CC.CSc1cnc(OCCOc2ncnc(NS(=O)(=O)NCc3ccccn3)c2-c2ccc(Cl)cc2)nc1.Cc1cccnc1. The van der Waals surface area contributed by atoms with Crippen molar-refractivity contribution in [1.29, 1.82) is 0 Å². The van der Waals surface area contributed by atoms with E-state index in [0.29, 0.717) is 21.8 Å². The number of ether oxygens (including phenoxy) is 2. The van der Waals surface area contributed by atoms with E-state index in [1.54, 1.807) is 67.3 Å². The summed E-state index contributed by atoms with van der Waals surface area (Å²) in [5, 5.41) is 0.517. The third kappa shape index (κ3) is 14.2. The lowest BCUT2D eigenvalue weighted by molar-refractivity contribution is 0.201. The van der Waals surface area contributed by atoms with Crippen LogP contribution in [-0.4, -0.2) is 57.8 Å². The van der Waals surface area contributed by atoms with Crippen LogP contribution in [0.3, 0.4) is 0 Å². The molecule has 12 nitrogen and oxygen atoms in total. The van der Waals surface area contributed by atoms with Crippen LogP contribution in [0.5, 0.6) is 11.9 Å². The maximum atomic E-state index is 12.8. The van der Waals surface area contributed by atoms with Crippen molar-refractivity contribution in [3.05, 3.63) is 108 Å². The fourth-order valence-electron chi connectivity index (χ4n) is 3.47. The predicted octanol–water partition coefficient (Wildman–Crippen LogP) is 7.05. The van der Waals surface area contributed by atoms with Gasteiger partial charge in [0.1, 0.15) is 19.5 Å². The zero-order valence-corrected chi connectivity index (χ0v) is 30.2. The molecular weight excluding hydrogens is 672 g/mol. The molecule has 1 aromatic carbocycles. The summed E-state index contributed by atoms with van der Waals surface area (Å²) in [5.74, 6) is 0.180. The molecule has 0 aliphatic rings. The molecule has 0 spiro atoms. The number of anilines is 1. The number of halogens is 1. The Balaban J connectivity index is 0.000000629. The Morgan fingerprint density at radius 1 is 0.812 bits per heavy atom. The number of pyridine rings is 2. The fraction of sp³-hybridized carbons (Fsp3) is 0.273. The van der Waals surface area contributed by atoms with Gasteiger partial charge >= 0.3 is 16.2 Å². The van der Waals surface area contributed by atoms with E-state index in [9.17, 15) is 8.42 Å². The molecule has 0 unspecified atom stereocenters. The number of aromatic nitrogens is 6. The van der Waals surface area contributed by atoms with E-state index in [1.807, 2.05) is 59.2 Å². The molecular formula is C33H41ClN8O4S2. The summed E-state index contributed by atoms with van der Waals surface area (Å²) in [6.45, 7) is 10.2. The first-order valence-electron chi connectivity index (χ1n) is 15.1. The molecule has 0 radical (unpaired) electrons. The van der Waals surface area contributed by atoms with Gasteiger partial charge < -0.3 is 9.47 Å². The van der Waals surface area contributed by atoms with Gasteiger partial charge in [0.2, 0.25) is 5.88 Å². The van der Waals surface area contributed by atoms with Crippen LogP contribution in [0.25, 0.3) is 11.1 Å². The number of nitrogens with zero attached hydrogens (tertiary/aromatic N) is 6. The first kappa shape index (κ1) is 39.8. The van der Waals surface area contributed by atoms with E-state index in [2.05, 4.69) is 39.3 Å². The van der Waals surface area contributed by atoms with Crippen molar-refractivity contribution in [1.82, 2.24) is 34.6 Å². The molecule has 256 valence electrons. The highest BCUT2D eigenvalue weighted by Gasteiger charge is 2.20. The number of hydrogen-bond donors (Lipinski definition) is 2. The quantitative estimate of drug-likeness (QED) is 0.101. The van der Waals surface area contributed by atoms with Gasteiger partial charge in [-0.15, -0.1) is 11.8 Å². The van der Waals surface area contributed by atoms with Gasteiger partial charge in [-0.3, -0.25) is 14.7 Å². The number of hydrogen-bond acceptors (Lipinski definition) is 11. The van der Waals surface area contributed by atoms with Gasteiger partial charge in [0.05, 0.1) is 17.8 Å². The lowest BCUT2D eigenvalue weighted by Gasteiger charge is -2.16. The Bertz CT molecular complexity index is 1700. The van der Waals surface area contributed by atoms with Gasteiger partial charge in [0, 0.05) is 40.9 Å². The minimum Gasteiger partial charge on any atom is -0.473 e. The number of benzene rings is 1. The Kier molecular flexibility index (Phi) is 18.4. The molecule has 0 saturated heterocycles. The van der Waals surface area contributed by atoms with Crippen molar-refractivity contribution < 1.29 is 17.9 Å². The highest BCUT2D eigenvalue weighted by molar-refractivity contribution is 7.98. The summed E-state index contributed by atoms with van der Waals surface area (Å²) in [4.78, 5) is 25.5. The Hall–Kier alpha value is -4.37. The minimum atomic E-state index is -4.01. The van der Waals surface area contributed by atoms with Gasteiger partial charge in [-0.1, -0.05) is 63.6 Å². The second-order valence-electron chi connectivity index (χ2n) is 8.79. The summed E-state index contributed by atoms with van der Waals surface area (Å²) in [6.07, 6.45) is 11.6. The van der Waals surface area contributed by atoms with E-state index in [4.69, 9.17) is 21.1 Å². The van der Waals surface area contributed by atoms with Gasteiger partial charge in [-0.2, -0.15) is 13.1 Å². The second-order valence-corrected chi connectivity index (χ2v) is 11.6. The van der Waals surface area contributed by atoms with E-state index >= 15 is 0 Å². The van der Waals surface area contributed by atoms with E-state index < -0.39 is 10.2 Å². The molecule has 0 bridgehead atoms. The zero-order chi connectivity index (χ0) is 35.2. The summed E-state index contributed by atoms with van der Waals surface area (Å²) in [5.41, 5.74) is 2.70. The predicted molar refractivity (Wildman–Crippen MR) is 193 cm³/mol. The Morgan fingerprint density at radius 2 is 1.52 bits per heavy atom. The fourth-order valence-corrected chi connectivity index (χ4v) is 4.73. The van der Waals surface area contributed by atoms with E-state index in [1.165, 1.54) is 23.7 Å². The van der Waals surface area contributed by atoms with Gasteiger partial charge in [0.25, 0.3) is 0 Å². The number of aryl methyl sites for hydroxylation is 1. The minimum absolute atomic E-state index is 0.00176. The van der Waals surface area contributed by atoms with Crippen LogP contribution in [0.4, 0.5) is 5.82 Å². The number of nitrogens with one attached hydrogen (secondary N) is 2. The molecule has 5 rings (SSSR count). The highest BCUT2D eigenvalue weighted by atomic mass is 35.5. The van der Waals surface area contributed by atoms with Crippen LogP contribution < -0.4 is 18.9 Å². The normalized spacial score (nSPS) is 10.1. The van der Waals surface area contributed by atoms with Crippen molar-refractivity contribution in [3.8, 4) is 23.0 Å². The van der Waals surface area contributed by atoms with Crippen molar-refractivity contribution in [2.75, 3.05) is 24.2 Å². The van der Waals surface area contributed by atoms with Crippen LogP contribution >= 0.6 is 23.4 Å². The molecule has 0 atom stereocenters. The second kappa shape index (κ2) is 22.2. The molecule has 4 aromatic heterocycles. The number of rotatable bonds is 12. The van der Waals surface area contributed by atoms with E-state index in [0.717, 1.165) is 4.90 Å². The van der Waals surface area contributed by atoms with Crippen molar-refractivity contribution in [2.45, 2.75) is 46.1 Å². The van der Waals surface area contributed by atoms with Crippen LogP contribution in [0, 0.1) is 6.92 Å². The van der Waals surface area contributed by atoms with Crippen LogP contribution in [0.1, 0.15) is 39.0 Å². The molecule has 0 amide bonds. The largest absolute Gasteiger partial charge is 0.473 e. The summed E-state index contributed by atoms with van der Waals surface area (Å²) in [7, 11) is -4.01. The monoisotopic (exact) mass is 712 g/mol. The highest BCUT2D eigenvalue weighted by Crippen LogP contribution is 2.35. The first-order chi connectivity index (χ1) is 23.3. The van der Waals surface area contributed by atoms with Gasteiger partial charge in [-0.25, -0.2) is 19.9 Å². The van der Waals surface area contributed by atoms with Crippen molar-refractivity contribution >= 4 is 39.4 Å². The molecule has 48 heavy (non-hydrogen) atoms. The standard InChI is InChI=1S/C23H22ClN7O4S2.C6H7N.2C2H6/c1-36-19-13-26-23(27-14-19)35-11-10-34-22-20(16-5-7-17(24)8-6-16)21(28-15-29-22)31-37(32,33)30-12-18-4-2-3-9-25-18;1-6-3-2-4-7-5-6;2*1-2/h2-9,13-15,30H,10-12H2,1H3,(H,28,29,31);2-5H,1H3;2*1-2H3. The Labute approximate surface area is 292 Å². The Morgan fingerprint density at radius 3 is 2.10 bits per heavy atom. The first-order valence-corrected chi connectivity index (χ1v) is 18.2. The summed E-state index contributed by atoms with van der Waals surface area (Å²) < 4.78 is 41.8. The topological polar surface area (TPSA) is 154 Å². The zero-order valence-electron chi connectivity index (χ0n) is 27.8. The average Bonchev–Trinajstić information content (AvgIpc) is 3.13. The molecule has 5 aromatic rings. The maximum Gasteiger partial charge on any atom is 0.316 e. The molecule has 0 saturated carbocycles. The number of thioether (sulfide) groups is 1. The molecule has 2 N–H and O–H groups in total. The van der Waals surface area contributed by atoms with E-state index in [-0.39, 0.29) is 37.5 Å². The van der Waals surface area contributed by atoms with Gasteiger partial charge in [0.15, 0.2) is 5.82 Å². The molecule has 0 fully saturated rings. The maximum absolute atomic E-state index is 12.8. The van der Waals surface area contributed by atoms with Crippen LogP contribution in [0.2, 0.25) is 5.02 Å². The summed E-state index contributed by atoms with van der Waals surface area (Å²) in [6, 6.07) is 16.2. The third-order valence-corrected chi connectivity index (χ3v) is 7.47. The average molecular weight is 713 g/mol. The summed E-state index contributed by atoms with van der Waals surface area (Å²) >= 11 is 7.57. The molecule has 4 heterocycles. The van der Waals surface area contributed by atoms with Gasteiger partial charge in [-0.05, 0) is 54.6 Å². The molecule has 0 aliphatic heterocycles. The van der Waals surface area contributed by atoms with Crippen LogP contribution in [0.15, 0.2) is 96.8 Å². The smallest absolute Gasteiger partial charge is 0.316 e. The van der Waals surface area contributed by atoms with Crippen molar-refractivity contribution in [2.24, 2.45) is 0 Å². The third-order valence-electron chi connectivity index (χ3n) is 5.55. The lowest BCUT2D eigenvalue weighted by atomic mass is 10.1. The lowest BCUT2D eigenvalue weighted by Crippen LogP contribution is -2.30.